The summed E-state index contributed by atoms with van der Waals surface area (Å²) in [7, 11) is 2.21. The third kappa shape index (κ3) is 8.01. The summed E-state index contributed by atoms with van der Waals surface area (Å²) in [5.41, 5.74) is 2.45. The third-order valence-electron chi connectivity index (χ3n) is 9.72. The highest BCUT2D eigenvalue weighted by molar-refractivity contribution is 5.61. The van der Waals surface area contributed by atoms with E-state index in [4.69, 9.17) is 0 Å². The number of nitrogens with one attached hydrogen (secondary N) is 2. The van der Waals surface area contributed by atoms with Crippen LogP contribution in [0, 0.1) is 0 Å². The van der Waals surface area contributed by atoms with Gasteiger partial charge >= 0.3 is 6.18 Å². The normalized spacial score (nSPS) is 19.7. The fourth-order valence-electron chi connectivity index (χ4n) is 6.75. The van der Waals surface area contributed by atoms with Crippen LogP contribution in [0.3, 0.4) is 0 Å². The summed E-state index contributed by atoms with van der Waals surface area (Å²) in [6.45, 7) is 11.8. The van der Waals surface area contributed by atoms with Gasteiger partial charge in [0.05, 0.1) is 0 Å². The maximum atomic E-state index is 13.8. The van der Waals surface area contributed by atoms with Crippen molar-refractivity contribution in [1.82, 2.24) is 24.7 Å². The smallest absolute Gasteiger partial charge is 0.375 e. The number of anilines is 3. The quantitative estimate of drug-likeness (QED) is 0.258. The molecule has 1 aliphatic carbocycles. The molecule has 2 aromatic rings. The lowest BCUT2D eigenvalue weighted by molar-refractivity contribution is -0.137. The van der Waals surface area contributed by atoms with Gasteiger partial charge in [-0.15, -0.1) is 0 Å². The van der Waals surface area contributed by atoms with Gasteiger partial charge < -0.3 is 25.3 Å². The predicted octanol–water partition coefficient (Wildman–Crippen LogP) is 6.88. The molecule has 2 aliphatic heterocycles. The second-order valence-electron chi connectivity index (χ2n) is 12.5. The molecular formula is C33H48F3N7. The van der Waals surface area contributed by atoms with Gasteiger partial charge in [0.2, 0.25) is 5.95 Å². The number of alkyl halides is 3. The third-order valence-corrected chi connectivity index (χ3v) is 9.72. The largest absolute Gasteiger partial charge is 0.421 e. The zero-order chi connectivity index (χ0) is 30.4. The number of nitrogens with zero attached hydrogens (tertiary/aromatic N) is 5. The van der Waals surface area contributed by atoms with Crippen LogP contribution in [-0.4, -0.2) is 83.1 Å². The molecular weight excluding hydrogens is 551 g/mol. The minimum Gasteiger partial charge on any atom is -0.375 e. The Hall–Kier alpha value is -2.85. The maximum absolute atomic E-state index is 13.8. The van der Waals surface area contributed by atoms with Crippen LogP contribution in [0.1, 0.15) is 80.9 Å². The number of halogens is 3. The molecule has 3 fully saturated rings. The highest BCUT2D eigenvalue weighted by Gasteiger charge is 2.35. The molecule has 0 atom stereocenters. The van der Waals surface area contributed by atoms with Gasteiger partial charge in [-0.3, -0.25) is 0 Å². The van der Waals surface area contributed by atoms with Crippen molar-refractivity contribution >= 4 is 17.5 Å². The summed E-state index contributed by atoms with van der Waals surface area (Å²) in [4.78, 5) is 15.6. The monoisotopic (exact) mass is 599 g/mol. The first kappa shape index (κ1) is 31.6. The zero-order valence-electron chi connectivity index (χ0n) is 25.8. The van der Waals surface area contributed by atoms with E-state index in [1.54, 1.807) is 0 Å². The highest BCUT2D eigenvalue weighted by Crippen LogP contribution is 2.36. The van der Waals surface area contributed by atoms with E-state index in [1.807, 2.05) is 12.3 Å². The van der Waals surface area contributed by atoms with Crippen molar-refractivity contribution in [3.05, 3.63) is 53.9 Å². The van der Waals surface area contributed by atoms with E-state index < -0.39 is 11.7 Å². The Morgan fingerprint density at radius 3 is 2.44 bits per heavy atom. The number of piperidine rings is 2. The average Bonchev–Trinajstić information content (AvgIpc) is 2.98. The standard InChI is InChI=1S/C33H48F3N7/c1-4-24-22-26(25-12-20-43(21-13-25)28-14-18-41(3)19-15-28)10-11-30(24)39-32-38-23-29(33(34,35)36)31(40-32)37-16-7-17-42(5-2)27-8-6-9-27/h5,10-11,22-23,25,27-28H,2,4,6-9,12-21H2,1,3H3,(H2,37,38,39,40). The summed E-state index contributed by atoms with van der Waals surface area (Å²) in [6.07, 6.45) is 8.02. The van der Waals surface area contributed by atoms with Crippen molar-refractivity contribution < 1.29 is 13.2 Å². The first-order valence-corrected chi connectivity index (χ1v) is 16.1. The van der Waals surface area contributed by atoms with E-state index in [0.29, 0.717) is 31.0 Å². The average molecular weight is 600 g/mol. The van der Waals surface area contributed by atoms with Crippen LogP contribution < -0.4 is 10.6 Å². The van der Waals surface area contributed by atoms with Crippen LogP contribution in [0.2, 0.25) is 0 Å². The van der Waals surface area contributed by atoms with Crippen LogP contribution in [0.5, 0.6) is 0 Å². The predicted molar refractivity (Wildman–Crippen MR) is 168 cm³/mol. The first-order chi connectivity index (χ1) is 20.7. The summed E-state index contributed by atoms with van der Waals surface area (Å²) in [6, 6.07) is 7.68. The summed E-state index contributed by atoms with van der Waals surface area (Å²) >= 11 is 0. The molecule has 236 valence electrons. The first-order valence-electron chi connectivity index (χ1n) is 16.1. The molecule has 10 heteroatoms. The van der Waals surface area contributed by atoms with E-state index in [1.165, 1.54) is 37.9 Å². The number of aromatic nitrogens is 2. The number of benzene rings is 1. The highest BCUT2D eigenvalue weighted by atomic mass is 19.4. The maximum Gasteiger partial charge on any atom is 0.421 e. The minimum atomic E-state index is -4.54. The van der Waals surface area contributed by atoms with Crippen LogP contribution >= 0.6 is 0 Å². The Kier molecular flexibility index (Phi) is 10.5. The van der Waals surface area contributed by atoms with Gasteiger partial charge in [0.15, 0.2) is 0 Å². The summed E-state index contributed by atoms with van der Waals surface area (Å²) in [5, 5.41) is 6.14. The Morgan fingerprint density at radius 2 is 1.81 bits per heavy atom. The summed E-state index contributed by atoms with van der Waals surface area (Å²) < 4.78 is 41.3. The van der Waals surface area contributed by atoms with Crippen molar-refractivity contribution in [1.29, 1.82) is 0 Å². The van der Waals surface area contributed by atoms with E-state index in [2.05, 4.69) is 68.0 Å². The minimum absolute atomic E-state index is 0.159. The van der Waals surface area contributed by atoms with Crippen LogP contribution in [-0.2, 0) is 12.6 Å². The van der Waals surface area contributed by atoms with Crippen molar-refractivity contribution in [3.63, 3.8) is 0 Å². The lowest BCUT2D eigenvalue weighted by Crippen LogP contribution is -2.46. The molecule has 7 nitrogen and oxygen atoms in total. The summed E-state index contributed by atoms with van der Waals surface area (Å²) in [5.74, 6) is 0.498. The van der Waals surface area contributed by atoms with E-state index in [0.717, 1.165) is 69.2 Å². The SMILES string of the molecule is C=CN(CCCNc1nc(Nc2ccc(C3CCN(C4CCN(C)CC4)CC3)cc2CC)ncc1C(F)(F)F)C1CCC1. The molecule has 2 saturated heterocycles. The van der Waals surface area contributed by atoms with E-state index >= 15 is 0 Å². The van der Waals surface area contributed by atoms with Gasteiger partial charge in [-0.05, 0) is 120 Å². The number of hydrogen-bond donors (Lipinski definition) is 2. The fraction of sp³-hybridized carbons (Fsp3) is 0.636. The molecule has 0 amide bonds. The number of hydrogen-bond acceptors (Lipinski definition) is 7. The van der Waals surface area contributed by atoms with Crippen molar-refractivity contribution in [2.45, 2.75) is 88.9 Å². The van der Waals surface area contributed by atoms with Crippen molar-refractivity contribution in [2.75, 3.05) is 56.9 Å². The molecule has 5 rings (SSSR count). The van der Waals surface area contributed by atoms with Gasteiger partial charge in [-0.2, -0.15) is 18.2 Å². The topological polar surface area (TPSA) is 59.6 Å². The second kappa shape index (κ2) is 14.3. The zero-order valence-corrected chi connectivity index (χ0v) is 25.8. The molecule has 43 heavy (non-hydrogen) atoms. The lowest BCUT2D eigenvalue weighted by atomic mass is 9.86. The Labute approximate surface area is 254 Å². The van der Waals surface area contributed by atoms with Crippen molar-refractivity contribution in [3.8, 4) is 0 Å². The molecule has 1 aromatic heterocycles. The molecule has 0 bridgehead atoms. The number of aryl methyl sites for hydroxylation is 1. The van der Waals surface area contributed by atoms with E-state index in [9.17, 15) is 13.2 Å². The molecule has 1 aromatic carbocycles. The van der Waals surface area contributed by atoms with Crippen molar-refractivity contribution in [2.24, 2.45) is 0 Å². The lowest BCUT2D eigenvalue weighted by Gasteiger charge is -2.41. The number of rotatable bonds is 12. The molecule has 1 saturated carbocycles. The van der Waals surface area contributed by atoms with Crippen LogP contribution in [0.25, 0.3) is 0 Å². The molecule has 3 aliphatic rings. The molecule has 0 radical (unpaired) electrons. The van der Waals surface area contributed by atoms with E-state index in [-0.39, 0.29) is 11.8 Å². The Bertz CT molecular complexity index is 1200. The van der Waals surface area contributed by atoms with Gasteiger partial charge in [-0.1, -0.05) is 25.6 Å². The number of likely N-dealkylation sites (tertiary alicyclic amines) is 2. The van der Waals surface area contributed by atoms with Gasteiger partial charge in [0.25, 0.3) is 0 Å². The molecule has 0 unspecified atom stereocenters. The second-order valence-corrected chi connectivity index (χ2v) is 12.5. The van der Waals surface area contributed by atoms with Gasteiger partial charge in [0, 0.05) is 37.1 Å². The fourth-order valence-corrected chi connectivity index (χ4v) is 6.75. The molecule has 3 heterocycles. The van der Waals surface area contributed by atoms with Crippen LogP contribution in [0.4, 0.5) is 30.6 Å². The molecule has 2 N–H and O–H groups in total. The molecule has 0 spiro atoms. The Balaban J connectivity index is 1.21. The Morgan fingerprint density at radius 1 is 1.07 bits per heavy atom. The van der Waals surface area contributed by atoms with Gasteiger partial charge in [0.1, 0.15) is 11.4 Å². The van der Waals surface area contributed by atoms with Gasteiger partial charge in [-0.25, -0.2) is 4.98 Å². The van der Waals surface area contributed by atoms with Crippen LogP contribution in [0.15, 0.2) is 37.2 Å².